The number of aromatic nitrogens is 4. The summed E-state index contributed by atoms with van der Waals surface area (Å²) >= 11 is 0. The first kappa shape index (κ1) is 21.0. The molecule has 1 aliphatic rings. The van der Waals surface area contributed by atoms with Gasteiger partial charge in [-0.2, -0.15) is 13.2 Å². The average Bonchev–Trinajstić information content (AvgIpc) is 3.54. The second kappa shape index (κ2) is 7.65. The minimum Gasteiger partial charge on any atom is -0.497 e. The molecule has 7 nitrogen and oxygen atoms in total. The molecule has 1 fully saturated rings. The fourth-order valence-corrected chi connectivity index (χ4v) is 3.91. The fourth-order valence-electron chi connectivity index (χ4n) is 3.91. The zero-order valence-corrected chi connectivity index (χ0v) is 17.5. The third-order valence-corrected chi connectivity index (χ3v) is 5.71. The Hall–Kier alpha value is -3.82. The van der Waals surface area contributed by atoms with Crippen molar-refractivity contribution in [3.05, 3.63) is 86.8 Å². The van der Waals surface area contributed by atoms with Crippen molar-refractivity contribution < 1.29 is 17.9 Å². The molecule has 0 radical (unpaired) electrons. The second-order valence-corrected chi connectivity index (χ2v) is 7.97. The molecule has 0 bridgehead atoms. The van der Waals surface area contributed by atoms with E-state index >= 15 is 0 Å². The Morgan fingerprint density at radius 1 is 1.09 bits per heavy atom. The molecule has 0 unspecified atom stereocenters. The maximum Gasteiger partial charge on any atom is 0.416 e. The van der Waals surface area contributed by atoms with Gasteiger partial charge in [-0.25, -0.2) is 14.3 Å². The number of hydrogen-bond donors (Lipinski definition) is 0. The number of imidazole rings is 1. The van der Waals surface area contributed by atoms with Gasteiger partial charge in [0.25, 0.3) is 5.56 Å². The highest BCUT2D eigenvalue weighted by atomic mass is 19.4. The molecular weight excluding hydrogens is 437 g/mol. The highest BCUT2D eigenvalue weighted by Gasteiger charge is 2.31. The van der Waals surface area contributed by atoms with Gasteiger partial charge in [0.2, 0.25) is 0 Å². The van der Waals surface area contributed by atoms with Crippen molar-refractivity contribution in [3.63, 3.8) is 0 Å². The first-order chi connectivity index (χ1) is 15.8. The van der Waals surface area contributed by atoms with E-state index in [1.165, 1.54) is 34.7 Å². The van der Waals surface area contributed by atoms with Crippen LogP contribution in [0.15, 0.2) is 64.4 Å². The minimum absolute atomic E-state index is 0.130. The lowest BCUT2D eigenvalue weighted by Crippen LogP contribution is -2.39. The van der Waals surface area contributed by atoms with E-state index in [-0.39, 0.29) is 23.8 Å². The molecule has 0 aliphatic heterocycles. The van der Waals surface area contributed by atoms with Crippen LogP contribution >= 0.6 is 0 Å². The number of hydrogen-bond acceptors (Lipinski definition) is 4. The summed E-state index contributed by atoms with van der Waals surface area (Å²) in [6, 6.07) is 11.4. The Labute approximate surface area is 185 Å². The molecular formula is C23H19F3N4O3. The zero-order chi connectivity index (χ0) is 23.3. The van der Waals surface area contributed by atoms with Crippen molar-refractivity contribution in [1.82, 2.24) is 18.7 Å². The van der Waals surface area contributed by atoms with Crippen molar-refractivity contribution in [3.8, 4) is 11.4 Å². The van der Waals surface area contributed by atoms with Gasteiger partial charge in [0.15, 0.2) is 11.2 Å². The Morgan fingerprint density at radius 2 is 1.82 bits per heavy atom. The van der Waals surface area contributed by atoms with Gasteiger partial charge in [-0.05, 0) is 42.7 Å². The molecule has 170 valence electrons. The summed E-state index contributed by atoms with van der Waals surface area (Å²) < 4.78 is 48.1. The van der Waals surface area contributed by atoms with Gasteiger partial charge < -0.3 is 9.30 Å². The topological polar surface area (TPSA) is 71.1 Å². The van der Waals surface area contributed by atoms with Crippen LogP contribution < -0.4 is 16.0 Å². The van der Waals surface area contributed by atoms with Crippen molar-refractivity contribution in [1.29, 1.82) is 0 Å². The first-order valence-electron chi connectivity index (χ1n) is 10.3. The van der Waals surface area contributed by atoms with E-state index in [1.54, 1.807) is 28.8 Å². The summed E-state index contributed by atoms with van der Waals surface area (Å²) in [5, 5.41) is 0. The minimum atomic E-state index is -4.43. The molecule has 0 atom stereocenters. The van der Waals surface area contributed by atoms with Gasteiger partial charge in [-0.1, -0.05) is 18.2 Å². The van der Waals surface area contributed by atoms with E-state index < -0.39 is 23.0 Å². The molecule has 2 heterocycles. The van der Waals surface area contributed by atoms with Crippen molar-refractivity contribution in [2.24, 2.45) is 0 Å². The van der Waals surface area contributed by atoms with Gasteiger partial charge >= 0.3 is 11.9 Å². The van der Waals surface area contributed by atoms with Crippen LogP contribution in [0, 0.1) is 0 Å². The van der Waals surface area contributed by atoms with Crippen LogP contribution in [0.1, 0.15) is 30.0 Å². The molecule has 2 aromatic carbocycles. The number of fused-ring (bicyclic) bond motifs is 1. The number of ether oxygens (including phenoxy) is 1. The molecule has 0 spiro atoms. The summed E-state index contributed by atoms with van der Waals surface area (Å²) in [7, 11) is 1.52. The lowest BCUT2D eigenvalue weighted by Gasteiger charge is -2.13. The average molecular weight is 456 g/mol. The van der Waals surface area contributed by atoms with Gasteiger partial charge in [0.05, 0.1) is 24.7 Å². The molecule has 10 heteroatoms. The van der Waals surface area contributed by atoms with Crippen molar-refractivity contribution in [2.45, 2.75) is 31.6 Å². The summed E-state index contributed by atoms with van der Waals surface area (Å²) in [6.07, 6.45) is -1.54. The Morgan fingerprint density at radius 3 is 2.45 bits per heavy atom. The molecule has 4 aromatic rings. The monoisotopic (exact) mass is 456 g/mol. The van der Waals surface area contributed by atoms with Crippen LogP contribution in [0.2, 0.25) is 0 Å². The molecule has 2 aromatic heterocycles. The van der Waals surface area contributed by atoms with Gasteiger partial charge in [0.1, 0.15) is 5.75 Å². The largest absolute Gasteiger partial charge is 0.497 e. The fraction of sp³-hybridized carbons (Fsp3) is 0.261. The second-order valence-electron chi connectivity index (χ2n) is 7.97. The Balaban J connectivity index is 1.67. The normalized spacial score (nSPS) is 14.1. The molecule has 5 rings (SSSR count). The van der Waals surface area contributed by atoms with Crippen LogP contribution in [-0.2, 0) is 12.7 Å². The van der Waals surface area contributed by atoms with Crippen LogP contribution in [0.25, 0.3) is 16.9 Å². The molecule has 0 N–H and O–H groups in total. The number of alkyl halides is 3. The van der Waals surface area contributed by atoms with Crippen LogP contribution in [0.5, 0.6) is 5.75 Å². The van der Waals surface area contributed by atoms with E-state index in [2.05, 4.69) is 4.98 Å². The van der Waals surface area contributed by atoms with Gasteiger partial charge in [0, 0.05) is 18.7 Å². The highest BCUT2D eigenvalue weighted by molar-refractivity contribution is 5.72. The van der Waals surface area contributed by atoms with E-state index in [9.17, 15) is 22.8 Å². The predicted molar refractivity (Wildman–Crippen MR) is 115 cm³/mol. The Kier molecular flexibility index (Phi) is 4.88. The summed E-state index contributed by atoms with van der Waals surface area (Å²) in [5.41, 5.74) is -0.225. The first-order valence-corrected chi connectivity index (χ1v) is 10.3. The number of halogens is 3. The Bertz CT molecular complexity index is 1460. The maximum atomic E-state index is 13.3. The van der Waals surface area contributed by atoms with Gasteiger partial charge in [-0.15, -0.1) is 0 Å². The quantitative estimate of drug-likeness (QED) is 0.459. The zero-order valence-electron chi connectivity index (χ0n) is 17.5. The standard InChI is InChI=1S/C23H19F3N4O3/c1-33-18-4-2-3-17(11-18)29-20-19(21(31)30(22(29)32)16-9-10-16)28(13-27-20)12-14-5-7-15(8-6-14)23(24,25)26/h2-8,11,13,16H,9-10,12H2,1H3. The number of methoxy groups -OCH3 is 1. The van der Waals surface area contributed by atoms with Crippen LogP contribution in [-0.4, -0.2) is 25.8 Å². The van der Waals surface area contributed by atoms with E-state index in [1.807, 2.05) is 0 Å². The molecule has 0 amide bonds. The third kappa shape index (κ3) is 3.71. The third-order valence-electron chi connectivity index (χ3n) is 5.71. The number of nitrogens with zero attached hydrogens (tertiary/aromatic N) is 4. The lowest BCUT2D eigenvalue weighted by atomic mass is 10.1. The number of benzene rings is 2. The summed E-state index contributed by atoms with van der Waals surface area (Å²) in [5.74, 6) is 0.543. The smallest absolute Gasteiger partial charge is 0.416 e. The van der Waals surface area contributed by atoms with Gasteiger partial charge in [-0.3, -0.25) is 9.36 Å². The van der Waals surface area contributed by atoms with E-state index in [4.69, 9.17) is 4.74 Å². The van der Waals surface area contributed by atoms with Crippen LogP contribution in [0.4, 0.5) is 13.2 Å². The molecule has 1 saturated carbocycles. The SMILES string of the molecule is COc1cccc(-n2c(=O)n(C3CC3)c(=O)c3c2ncn3Cc2ccc(C(F)(F)F)cc2)c1. The van der Waals surface area contributed by atoms with Crippen molar-refractivity contribution in [2.75, 3.05) is 7.11 Å². The highest BCUT2D eigenvalue weighted by Crippen LogP contribution is 2.33. The van der Waals surface area contributed by atoms with E-state index in [0.717, 1.165) is 25.0 Å². The molecule has 1 aliphatic carbocycles. The molecule has 33 heavy (non-hydrogen) atoms. The van der Waals surface area contributed by atoms with Crippen LogP contribution in [0.3, 0.4) is 0 Å². The lowest BCUT2D eigenvalue weighted by molar-refractivity contribution is -0.137. The summed E-state index contributed by atoms with van der Waals surface area (Å²) in [6.45, 7) is 0.130. The summed E-state index contributed by atoms with van der Waals surface area (Å²) in [4.78, 5) is 31.0. The number of rotatable bonds is 5. The van der Waals surface area contributed by atoms with Crippen molar-refractivity contribution >= 4 is 11.2 Å². The maximum absolute atomic E-state index is 13.3. The predicted octanol–water partition coefficient (Wildman–Crippen LogP) is 3.76. The molecule has 0 saturated heterocycles. The van der Waals surface area contributed by atoms with E-state index in [0.29, 0.717) is 17.0 Å².